The molecule has 1 N–H and O–H groups in total. The third-order valence-corrected chi connectivity index (χ3v) is 3.81. The molecular weight excluding hydrogens is 347 g/mol. The molecule has 0 aliphatic carbocycles. The summed E-state index contributed by atoms with van der Waals surface area (Å²) in [6, 6.07) is 6.20. The number of aliphatic imine (C=N–C) groups is 1. The molecule has 0 aliphatic heterocycles. The Labute approximate surface area is 147 Å². The van der Waals surface area contributed by atoms with Crippen molar-refractivity contribution < 1.29 is 18.3 Å². The van der Waals surface area contributed by atoms with Gasteiger partial charge in [0.25, 0.3) is 5.56 Å². The maximum Gasteiger partial charge on any atom is 0.416 e. The van der Waals surface area contributed by atoms with Crippen LogP contribution in [0, 0.1) is 18.3 Å². The van der Waals surface area contributed by atoms with Crippen LogP contribution in [0.4, 0.5) is 18.9 Å². The normalized spacial score (nSPS) is 11.7. The Bertz CT molecular complexity index is 954. The van der Waals surface area contributed by atoms with Crippen LogP contribution in [0.2, 0.25) is 0 Å². The number of rotatable bonds is 4. The molecule has 8 heteroatoms. The van der Waals surface area contributed by atoms with Crippen molar-refractivity contribution in [2.24, 2.45) is 4.99 Å². The van der Waals surface area contributed by atoms with E-state index in [2.05, 4.69) is 4.99 Å². The Morgan fingerprint density at radius 1 is 1.38 bits per heavy atom. The fourth-order valence-corrected chi connectivity index (χ4v) is 2.46. The van der Waals surface area contributed by atoms with E-state index in [1.807, 2.05) is 0 Å². The van der Waals surface area contributed by atoms with Gasteiger partial charge in [-0.2, -0.15) is 18.4 Å². The largest absolute Gasteiger partial charge is 0.494 e. The van der Waals surface area contributed by atoms with E-state index in [-0.39, 0.29) is 34.8 Å². The van der Waals surface area contributed by atoms with Crippen LogP contribution in [0.25, 0.3) is 0 Å². The van der Waals surface area contributed by atoms with Gasteiger partial charge >= 0.3 is 6.18 Å². The van der Waals surface area contributed by atoms with Crippen molar-refractivity contribution in [2.45, 2.75) is 33.0 Å². The fourth-order valence-electron chi connectivity index (χ4n) is 2.46. The SMILES string of the molecule is CCCn1c(O)c(C=Nc2cccc(C(F)(F)F)c2)c(C)c(C#N)c1=O. The van der Waals surface area contributed by atoms with E-state index in [0.717, 1.165) is 22.9 Å². The minimum atomic E-state index is -4.49. The minimum absolute atomic E-state index is 0.0328. The van der Waals surface area contributed by atoms with Gasteiger partial charge in [-0.05, 0) is 37.1 Å². The molecular formula is C18H16F3N3O2. The number of nitrogens with zero attached hydrogens (tertiary/aromatic N) is 3. The van der Waals surface area contributed by atoms with E-state index < -0.39 is 17.3 Å². The molecule has 1 aromatic carbocycles. The summed E-state index contributed by atoms with van der Waals surface area (Å²) in [4.78, 5) is 16.2. The van der Waals surface area contributed by atoms with Crippen molar-refractivity contribution in [3.05, 3.63) is 56.9 Å². The molecule has 2 aromatic rings. The van der Waals surface area contributed by atoms with Gasteiger partial charge in [-0.25, -0.2) is 0 Å². The summed E-state index contributed by atoms with van der Waals surface area (Å²) >= 11 is 0. The zero-order valence-corrected chi connectivity index (χ0v) is 14.1. The van der Waals surface area contributed by atoms with Gasteiger partial charge < -0.3 is 5.11 Å². The van der Waals surface area contributed by atoms with Crippen LogP contribution in [-0.2, 0) is 12.7 Å². The first-order valence-corrected chi connectivity index (χ1v) is 7.78. The van der Waals surface area contributed by atoms with Crippen LogP contribution in [0.15, 0.2) is 34.1 Å². The third-order valence-electron chi connectivity index (χ3n) is 3.81. The molecule has 26 heavy (non-hydrogen) atoms. The molecule has 0 fully saturated rings. The Morgan fingerprint density at radius 3 is 2.65 bits per heavy atom. The summed E-state index contributed by atoms with van der Waals surface area (Å²) in [5, 5.41) is 19.5. The maximum atomic E-state index is 12.8. The van der Waals surface area contributed by atoms with Gasteiger partial charge in [0, 0.05) is 12.8 Å². The molecule has 0 amide bonds. The number of benzene rings is 1. The van der Waals surface area contributed by atoms with Crippen LogP contribution in [0.3, 0.4) is 0 Å². The van der Waals surface area contributed by atoms with Crippen molar-refractivity contribution in [3.8, 4) is 11.9 Å². The second-order valence-electron chi connectivity index (χ2n) is 5.61. The van der Waals surface area contributed by atoms with Gasteiger partial charge in [0.05, 0.1) is 16.8 Å². The third kappa shape index (κ3) is 3.77. The number of alkyl halides is 3. The zero-order valence-electron chi connectivity index (χ0n) is 14.1. The lowest BCUT2D eigenvalue weighted by Crippen LogP contribution is -2.25. The Hall–Kier alpha value is -3.08. The Kier molecular flexibility index (Phi) is 5.50. The molecule has 0 saturated carbocycles. The number of pyridine rings is 1. The second-order valence-corrected chi connectivity index (χ2v) is 5.61. The molecule has 0 aliphatic rings. The van der Waals surface area contributed by atoms with Crippen LogP contribution < -0.4 is 5.56 Å². The molecule has 0 spiro atoms. The number of hydrogen-bond acceptors (Lipinski definition) is 4. The summed E-state index contributed by atoms with van der Waals surface area (Å²) in [6.07, 6.45) is -2.79. The molecule has 5 nitrogen and oxygen atoms in total. The Morgan fingerprint density at radius 2 is 2.08 bits per heavy atom. The molecule has 0 radical (unpaired) electrons. The standard InChI is InChI=1S/C18H16F3N3O2/c1-3-7-24-16(25)14(9-22)11(2)15(17(24)26)10-23-13-6-4-5-12(8-13)18(19,20)21/h4-6,8,10,26H,3,7H2,1-2H3. The van der Waals surface area contributed by atoms with Crippen LogP contribution in [0.1, 0.15) is 35.6 Å². The van der Waals surface area contributed by atoms with Gasteiger partial charge in [0.2, 0.25) is 5.88 Å². The van der Waals surface area contributed by atoms with E-state index in [9.17, 15) is 28.3 Å². The molecule has 1 aromatic heterocycles. The van der Waals surface area contributed by atoms with Crippen LogP contribution in [0.5, 0.6) is 5.88 Å². The van der Waals surface area contributed by atoms with Gasteiger partial charge in [-0.15, -0.1) is 0 Å². The molecule has 0 atom stereocenters. The summed E-state index contributed by atoms with van der Waals surface area (Å²) < 4.78 is 39.4. The summed E-state index contributed by atoms with van der Waals surface area (Å²) in [7, 11) is 0. The van der Waals surface area contributed by atoms with Gasteiger partial charge in [-0.3, -0.25) is 14.4 Å². The molecule has 0 unspecified atom stereocenters. The minimum Gasteiger partial charge on any atom is -0.494 e. The average Bonchev–Trinajstić information content (AvgIpc) is 2.58. The van der Waals surface area contributed by atoms with Crippen molar-refractivity contribution >= 4 is 11.9 Å². The summed E-state index contributed by atoms with van der Waals surface area (Å²) in [5.41, 5.74) is -1.22. The van der Waals surface area contributed by atoms with E-state index in [0.29, 0.717) is 6.42 Å². The smallest absolute Gasteiger partial charge is 0.416 e. The van der Waals surface area contributed by atoms with Crippen molar-refractivity contribution in [2.75, 3.05) is 0 Å². The highest BCUT2D eigenvalue weighted by molar-refractivity contribution is 5.87. The van der Waals surface area contributed by atoms with Crippen molar-refractivity contribution in [1.29, 1.82) is 5.26 Å². The average molecular weight is 363 g/mol. The highest BCUT2D eigenvalue weighted by Crippen LogP contribution is 2.31. The van der Waals surface area contributed by atoms with Gasteiger partial charge in [-0.1, -0.05) is 13.0 Å². The molecule has 1 heterocycles. The topological polar surface area (TPSA) is 78.4 Å². The number of aromatic hydroxyl groups is 1. The molecule has 2 rings (SSSR count). The van der Waals surface area contributed by atoms with Crippen molar-refractivity contribution in [1.82, 2.24) is 4.57 Å². The first-order chi connectivity index (χ1) is 12.2. The fraction of sp³-hybridized carbons (Fsp3) is 0.278. The van der Waals surface area contributed by atoms with E-state index in [1.165, 1.54) is 19.1 Å². The Balaban J connectivity index is 2.57. The van der Waals surface area contributed by atoms with E-state index in [4.69, 9.17) is 0 Å². The van der Waals surface area contributed by atoms with Gasteiger partial charge in [0.1, 0.15) is 11.6 Å². The molecule has 0 saturated heterocycles. The number of halogens is 3. The number of hydrogen-bond donors (Lipinski definition) is 1. The van der Waals surface area contributed by atoms with Gasteiger partial charge in [0.15, 0.2) is 0 Å². The lowest BCUT2D eigenvalue weighted by molar-refractivity contribution is -0.137. The molecule has 0 bridgehead atoms. The highest BCUT2D eigenvalue weighted by Gasteiger charge is 2.30. The van der Waals surface area contributed by atoms with Crippen molar-refractivity contribution in [3.63, 3.8) is 0 Å². The first kappa shape index (κ1) is 19.2. The zero-order chi connectivity index (χ0) is 19.5. The van der Waals surface area contributed by atoms with E-state index >= 15 is 0 Å². The maximum absolute atomic E-state index is 12.8. The predicted octanol–water partition coefficient (Wildman–Crippen LogP) is 3.91. The number of nitriles is 1. The monoisotopic (exact) mass is 363 g/mol. The summed E-state index contributed by atoms with van der Waals surface area (Å²) in [6.45, 7) is 3.47. The summed E-state index contributed by atoms with van der Waals surface area (Å²) in [5.74, 6) is -0.371. The predicted molar refractivity (Wildman–Crippen MR) is 90.8 cm³/mol. The lowest BCUT2D eigenvalue weighted by atomic mass is 10.1. The second kappa shape index (κ2) is 7.44. The first-order valence-electron chi connectivity index (χ1n) is 7.78. The van der Waals surface area contributed by atoms with Crippen LogP contribution >= 0.6 is 0 Å². The quantitative estimate of drug-likeness (QED) is 0.837. The highest BCUT2D eigenvalue weighted by atomic mass is 19.4. The lowest BCUT2D eigenvalue weighted by Gasteiger charge is -2.13. The molecule has 136 valence electrons. The number of aromatic nitrogens is 1. The van der Waals surface area contributed by atoms with Crippen LogP contribution in [-0.4, -0.2) is 15.9 Å². The van der Waals surface area contributed by atoms with E-state index in [1.54, 1.807) is 13.0 Å².